The zero-order valence-electron chi connectivity index (χ0n) is 23.1. The normalized spacial score (nSPS) is 11.3. The van der Waals surface area contributed by atoms with E-state index < -0.39 is 5.97 Å². The van der Waals surface area contributed by atoms with E-state index in [9.17, 15) is 4.79 Å². The highest BCUT2D eigenvalue weighted by atomic mass is 16.6. The van der Waals surface area contributed by atoms with E-state index in [2.05, 4.69) is 6.92 Å². The zero-order chi connectivity index (χ0) is 27.4. The van der Waals surface area contributed by atoms with E-state index in [0.717, 1.165) is 37.9 Å². The molecule has 0 saturated carbocycles. The number of benzene rings is 1. The van der Waals surface area contributed by atoms with Crippen molar-refractivity contribution in [1.29, 1.82) is 0 Å². The van der Waals surface area contributed by atoms with E-state index in [1.165, 1.54) is 0 Å². The van der Waals surface area contributed by atoms with E-state index >= 15 is 0 Å². The quantitative estimate of drug-likeness (QED) is 0.151. The van der Waals surface area contributed by atoms with Gasteiger partial charge in [-0.05, 0) is 37.0 Å². The molecule has 0 bridgehead atoms. The second kappa shape index (κ2) is 27.0. The van der Waals surface area contributed by atoms with Crippen molar-refractivity contribution >= 4 is 5.97 Å². The number of aromatic carboxylic acids is 1. The highest BCUT2D eigenvalue weighted by molar-refractivity contribution is 5.87. The van der Waals surface area contributed by atoms with Gasteiger partial charge < -0.3 is 43.0 Å². The van der Waals surface area contributed by atoms with Crippen LogP contribution in [-0.4, -0.2) is 117 Å². The fourth-order valence-electron chi connectivity index (χ4n) is 3.13. The first kappa shape index (κ1) is 34.4. The van der Waals surface area contributed by atoms with Crippen molar-refractivity contribution in [3.63, 3.8) is 0 Å². The van der Waals surface area contributed by atoms with E-state index in [1.807, 2.05) is 6.07 Å². The van der Waals surface area contributed by atoms with Gasteiger partial charge in [0.2, 0.25) is 0 Å². The Hall–Kier alpha value is -1.63. The summed E-state index contributed by atoms with van der Waals surface area (Å²) in [6.07, 6.45) is 3.85. The summed E-state index contributed by atoms with van der Waals surface area (Å²) in [5.74, 6) is -0.906. The third kappa shape index (κ3) is 22.4. The van der Waals surface area contributed by atoms with Crippen LogP contribution in [0.1, 0.15) is 42.1 Å². The van der Waals surface area contributed by atoms with Gasteiger partial charge in [-0.3, -0.25) is 0 Å². The summed E-state index contributed by atoms with van der Waals surface area (Å²) in [4.78, 5) is 11.0. The van der Waals surface area contributed by atoms with Crippen molar-refractivity contribution in [2.24, 2.45) is 0 Å². The van der Waals surface area contributed by atoms with Crippen LogP contribution in [-0.2, 0) is 44.3 Å². The Bertz CT molecular complexity index is 658. The minimum absolute atomic E-state index is 0.314. The van der Waals surface area contributed by atoms with Crippen molar-refractivity contribution < 1.29 is 47.8 Å². The van der Waals surface area contributed by atoms with Crippen LogP contribution in [0.25, 0.3) is 0 Å². The topological polar surface area (TPSA) is 111 Å². The molecule has 10 nitrogen and oxygen atoms in total. The summed E-state index contributed by atoms with van der Waals surface area (Å²) in [6, 6.07) is 6.99. The lowest BCUT2D eigenvalue weighted by molar-refractivity contribution is -0.0231. The van der Waals surface area contributed by atoms with Gasteiger partial charge in [0.25, 0.3) is 0 Å². The van der Waals surface area contributed by atoms with Crippen LogP contribution in [0.5, 0.6) is 0 Å². The van der Waals surface area contributed by atoms with E-state index in [0.29, 0.717) is 105 Å². The molecule has 38 heavy (non-hydrogen) atoms. The van der Waals surface area contributed by atoms with Crippen LogP contribution in [0.4, 0.5) is 0 Å². The fraction of sp³-hybridized carbons (Fsp3) is 0.750. The van der Waals surface area contributed by atoms with Gasteiger partial charge in [-0.25, -0.2) is 4.79 Å². The zero-order valence-corrected chi connectivity index (χ0v) is 23.1. The van der Waals surface area contributed by atoms with Crippen molar-refractivity contribution in [2.45, 2.75) is 32.6 Å². The fourth-order valence-corrected chi connectivity index (χ4v) is 3.13. The summed E-state index contributed by atoms with van der Waals surface area (Å²) in [7, 11) is 0. The van der Waals surface area contributed by atoms with Crippen LogP contribution in [0.3, 0.4) is 0 Å². The highest BCUT2D eigenvalue weighted by Crippen LogP contribution is 2.07. The van der Waals surface area contributed by atoms with Crippen LogP contribution in [0.15, 0.2) is 24.3 Å². The predicted molar refractivity (Wildman–Crippen MR) is 143 cm³/mol. The molecule has 0 saturated heterocycles. The maximum atomic E-state index is 11.0. The number of carbonyl (C=O) groups is 1. The number of aryl methyl sites for hydroxylation is 1. The summed E-state index contributed by atoms with van der Waals surface area (Å²) >= 11 is 0. The summed E-state index contributed by atoms with van der Waals surface area (Å²) in [6.45, 7) is 11.1. The lowest BCUT2D eigenvalue weighted by Gasteiger charge is -2.09. The Balaban J connectivity index is 1.70. The molecule has 1 N–H and O–H groups in total. The Labute approximate surface area is 227 Å². The predicted octanol–water partition coefficient (Wildman–Crippen LogP) is 3.25. The van der Waals surface area contributed by atoms with Crippen LogP contribution < -0.4 is 0 Å². The molecule has 220 valence electrons. The van der Waals surface area contributed by atoms with Gasteiger partial charge in [0, 0.05) is 13.2 Å². The Kier molecular flexibility index (Phi) is 24.4. The van der Waals surface area contributed by atoms with Crippen LogP contribution in [0, 0.1) is 0 Å². The molecule has 1 rings (SSSR count). The molecule has 0 fully saturated rings. The molecule has 0 heterocycles. The molecule has 1 aromatic carbocycles. The van der Waals surface area contributed by atoms with E-state index in [4.69, 9.17) is 43.0 Å². The second-order valence-corrected chi connectivity index (χ2v) is 8.36. The maximum Gasteiger partial charge on any atom is 0.335 e. The average molecular weight is 545 g/mol. The first-order valence-corrected chi connectivity index (χ1v) is 13.7. The first-order valence-electron chi connectivity index (χ1n) is 13.7. The maximum absolute atomic E-state index is 11.0. The lowest BCUT2D eigenvalue weighted by Crippen LogP contribution is -2.15. The molecule has 10 heteroatoms. The van der Waals surface area contributed by atoms with Crippen molar-refractivity contribution in [2.75, 3.05) is 106 Å². The Morgan fingerprint density at radius 2 is 0.947 bits per heavy atom. The molecule has 0 radical (unpaired) electrons. The van der Waals surface area contributed by atoms with Gasteiger partial charge in [0.05, 0.1) is 98.1 Å². The molecule has 0 unspecified atom stereocenters. The average Bonchev–Trinajstić information content (AvgIpc) is 2.92. The monoisotopic (exact) mass is 544 g/mol. The van der Waals surface area contributed by atoms with Crippen molar-refractivity contribution in [3.05, 3.63) is 35.4 Å². The lowest BCUT2D eigenvalue weighted by atomic mass is 10.1. The van der Waals surface area contributed by atoms with Crippen LogP contribution in [0.2, 0.25) is 0 Å². The number of unbranched alkanes of at least 4 members (excludes halogenated alkanes) is 1. The van der Waals surface area contributed by atoms with Crippen molar-refractivity contribution in [3.8, 4) is 0 Å². The molecule has 1 aromatic rings. The van der Waals surface area contributed by atoms with Gasteiger partial charge in [-0.15, -0.1) is 0 Å². The first-order chi connectivity index (χ1) is 18.7. The Morgan fingerprint density at radius 3 is 1.32 bits per heavy atom. The molecular weight excluding hydrogens is 496 g/mol. The number of ether oxygens (including phenoxy) is 8. The SMILES string of the molecule is CCCCOCCOCCOCCOCCOCCOCCOCCOCCCc1cccc(C(=O)O)c1. The Morgan fingerprint density at radius 1 is 0.579 bits per heavy atom. The van der Waals surface area contributed by atoms with Gasteiger partial charge >= 0.3 is 5.97 Å². The summed E-state index contributed by atoms with van der Waals surface area (Å²) < 4.78 is 43.7. The van der Waals surface area contributed by atoms with Gasteiger partial charge in [0.15, 0.2) is 0 Å². The molecular formula is C28H48O10. The van der Waals surface area contributed by atoms with Crippen molar-refractivity contribution in [1.82, 2.24) is 0 Å². The molecule has 0 spiro atoms. The van der Waals surface area contributed by atoms with E-state index in [-0.39, 0.29) is 0 Å². The minimum atomic E-state index is -0.906. The third-order valence-corrected chi connectivity index (χ3v) is 5.17. The third-order valence-electron chi connectivity index (χ3n) is 5.17. The smallest absolute Gasteiger partial charge is 0.335 e. The number of hydrogen-bond donors (Lipinski definition) is 1. The molecule has 0 aromatic heterocycles. The van der Waals surface area contributed by atoms with Gasteiger partial charge in [-0.1, -0.05) is 25.5 Å². The van der Waals surface area contributed by atoms with Gasteiger partial charge in [0.1, 0.15) is 0 Å². The number of carboxylic acids is 1. The highest BCUT2D eigenvalue weighted by Gasteiger charge is 2.03. The van der Waals surface area contributed by atoms with E-state index in [1.54, 1.807) is 18.2 Å². The second-order valence-electron chi connectivity index (χ2n) is 8.36. The summed E-state index contributed by atoms with van der Waals surface area (Å²) in [5, 5.41) is 9.02. The largest absolute Gasteiger partial charge is 0.478 e. The standard InChI is InChI=1S/C28H48O10/c1-2-3-9-31-11-13-33-15-17-35-19-21-37-23-24-38-22-20-36-18-16-34-14-12-32-10-5-7-26-6-4-8-27(25-26)28(29)30/h4,6,8,25H,2-3,5,7,9-24H2,1H3,(H,29,30). The minimum Gasteiger partial charge on any atom is -0.478 e. The summed E-state index contributed by atoms with van der Waals surface area (Å²) in [5.41, 5.74) is 1.31. The molecule has 0 amide bonds. The molecule has 0 atom stereocenters. The number of rotatable bonds is 29. The van der Waals surface area contributed by atoms with Crippen LogP contribution >= 0.6 is 0 Å². The molecule has 0 aliphatic heterocycles. The number of carboxylic acid groups (broad SMARTS) is 1. The molecule has 0 aliphatic rings. The number of hydrogen-bond acceptors (Lipinski definition) is 9. The van der Waals surface area contributed by atoms with Gasteiger partial charge in [-0.2, -0.15) is 0 Å². The molecule has 0 aliphatic carbocycles.